The smallest absolute Gasteiger partial charge is 0.443 e. The van der Waals surface area contributed by atoms with E-state index in [1.54, 1.807) is 13.2 Å². The minimum Gasteiger partial charge on any atom is -0.497 e. The van der Waals surface area contributed by atoms with Gasteiger partial charge in [-0.2, -0.15) is 13.2 Å². The molecule has 2 N–H and O–H groups in total. The van der Waals surface area contributed by atoms with Gasteiger partial charge in [-0.15, -0.1) is 11.3 Å². The van der Waals surface area contributed by atoms with Crippen molar-refractivity contribution in [3.05, 3.63) is 45.9 Å². The van der Waals surface area contributed by atoms with E-state index in [1.807, 2.05) is 18.2 Å². The zero-order valence-corrected chi connectivity index (χ0v) is 11.5. The van der Waals surface area contributed by atoms with Crippen LogP contribution in [0, 0.1) is 0 Å². The average Bonchev–Trinajstić information content (AvgIpc) is 2.88. The number of methoxy groups -OCH3 is 1. The minimum atomic E-state index is -4.42. The van der Waals surface area contributed by atoms with Crippen LogP contribution in [-0.4, -0.2) is 12.1 Å². The summed E-state index contributed by atoms with van der Waals surface area (Å²) in [5.74, 6) is 0.690. The van der Waals surface area contributed by atoms with Crippen LogP contribution < -0.4 is 10.5 Å². The lowest BCUT2D eigenvalue weighted by Gasteiger charge is -2.10. The minimum absolute atomic E-state index is 0.417. The number of hydrogen-bond donors (Lipinski definition) is 1. The lowest BCUT2D eigenvalue weighted by atomic mass is 10.1. The van der Waals surface area contributed by atoms with Crippen molar-refractivity contribution < 1.29 is 17.9 Å². The first-order chi connectivity index (χ1) is 9.40. The highest BCUT2D eigenvalue weighted by Crippen LogP contribution is 2.34. The molecule has 1 aromatic carbocycles. The molecular weight excluding hydrogens is 289 g/mol. The number of halogens is 3. The summed E-state index contributed by atoms with van der Waals surface area (Å²) in [7, 11) is 1.55. The number of nitrogens with two attached hydrogens (primary N) is 1. The molecule has 1 aromatic heterocycles. The Hall–Kier alpha value is -1.60. The SMILES string of the molecule is COc1cccc(CC(N)c2cnc(C(F)(F)F)s2)c1. The molecule has 20 heavy (non-hydrogen) atoms. The Bertz CT molecular complexity index is 583. The third-order valence-electron chi connectivity index (χ3n) is 2.72. The highest BCUT2D eigenvalue weighted by atomic mass is 32.1. The van der Waals surface area contributed by atoms with E-state index >= 15 is 0 Å². The lowest BCUT2D eigenvalue weighted by Crippen LogP contribution is -2.11. The van der Waals surface area contributed by atoms with Crippen LogP contribution in [0.2, 0.25) is 0 Å². The van der Waals surface area contributed by atoms with Crippen molar-refractivity contribution in [2.24, 2.45) is 5.73 Å². The monoisotopic (exact) mass is 302 g/mol. The summed E-state index contributed by atoms with van der Waals surface area (Å²) < 4.78 is 42.5. The van der Waals surface area contributed by atoms with Gasteiger partial charge in [-0.05, 0) is 24.1 Å². The predicted molar refractivity (Wildman–Crippen MR) is 70.7 cm³/mol. The van der Waals surface area contributed by atoms with Gasteiger partial charge in [0.1, 0.15) is 5.75 Å². The Balaban J connectivity index is 2.11. The maximum absolute atomic E-state index is 12.5. The van der Waals surface area contributed by atoms with Crippen LogP contribution in [0.1, 0.15) is 21.5 Å². The van der Waals surface area contributed by atoms with Gasteiger partial charge in [0, 0.05) is 17.1 Å². The molecule has 0 aliphatic heterocycles. The van der Waals surface area contributed by atoms with Gasteiger partial charge in [-0.1, -0.05) is 12.1 Å². The van der Waals surface area contributed by atoms with Crippen molar-refractivity contribution in [3.63, 3.8) is 0 Å². The maximum atomic E-state index is 12.5. The van der Waals surface area contributed by atoms with E-state index in [4.69, 9.17) is 10.5 Å². The molecule has 1 heterocycles. The number of alkyl halides is 3. The summed E-state index contributed by atoms with van der Waals surface area (Å²) in [6.45, 7) is 0. The zero-order valence-electron chi connectivity index (χ0n) is 10.6. The highest BCUT2D eigenvalue weighted by Gasteiger charge is 2.35. The van der Waals surface area contributed by atoms with Crippen molar-refractivity contribution >= 4 is 11.3 Å². The molecule has 0 radical (unpaired) electrons. The van der Waals surface area contributed by atoms with E-state index in [0.29, 0.717) is 28.4 Å². The van der Waals surface area contributed by atoms with Crippen LogP contribution in [0.3, 0.4) is 0 Å². The Labute approximate surface area is 118 Å². The van der Waals surface area contributed by atoms with Crippen molar-refractivity contribution in [1.29, 1.82) is 0 Å². The lowest BCUT2D eigenvalue weighted by molar-refractivity contribution is -0.137. The highest BCUT2D eigenvalue weighted by molar-refractivity contribution is 7.11. The van der Waals surface area contributed by atoms with Gasteiger partial charge in [0.2, 0.25) is 0 Å². The molecule has 1 atom stereocenters. The molecule has 3 nitrogen and oxygen atoms in total. The van der Waals surface area contributed by atoms with Gasteiger partial charge in [-0.3, -0.25) is 0 Å². The van der Waals surface area contributed by atoms with Gasteiger partial charge >= 0.3 is 6.18 Å². The Morgan fingerprint density at radius 1 is 1.40 bits per heavy atom. The van der Waals surface area contributed by atoms with Gasteiger partial charge in [-0.25, -0.2) is 4.98 Å². The summed E-state index contributed by atoms with van der Waals surface area (Å²) in [5.41, 5.74) is 6.84. The molecule has 2 rings (SSSR count). The first-order valence-electron chi connectivity index (χ1n) is 5.81. The number of hydrogen-bond acceptors (Lipinski definition) is 4. The molecule has 0 saturated carbocycles. The van der Waals surface area contributed by atoms with Crippen LogP contribution in [0.5, 0.6) is 5.75 Å². The van der Waals surface area contributed by atoms with E-state index < -0.39 is 17.2 Å². The van der Waals surface area contributed by atoms with E-state index in [1.165, 1.54) is 6.20 Å². The number of thiazole rings is 1. The fourth-order valence-corrected chi connectivity index (χ4v) is 2.53. The second-order valence-electron chi connectivity index (χ2n) is 4.23. The molecule has 1 unspecified atom stereocenters. The third-order valence-corrected chi connectivity index (χ3v) is 3.90. The second kappa shape index (κ2) is 5.80. The van der Waals surface area contributed by atoms with Gasteiger partial charge in [0.15, 0.2) is 5.01 Å². The standard InChI is InChI=1S/C13H13F3N2OS/c1-19-9-4-2-3-8(5-9)6-10(17)11-7-18-12(20-11)13(14,15)16/h2-5,7,10H,6,17H2,1H3. The number of rotatable bonds is 4. The largest absolute Gasteiger partial charge is 0.497 e. The fraction of sp³-hybridized carbons (Fsp3) is 0.308. The van der Waals surface area contributed by atoms with Crippen LogP contribution in [0.4, 0.5) is 13.2 Å². The molecule has 0 spiro atoms. The maximum Gasteiger partial charge on any atom is 0.443 e. The zero-order chi connectivity index (χ0) is 14.8. The molecule has 108 valence electrons. The van der Waals surface area contributed by atoms with E-state index in [-0.39, 0.29) is 0 Å². The molecule has 0 bridgehead atoms. The fourth-order valence-electron chi connectivity index (χ4n) is 1.74. The predicted octanol–water partition coefficient (Wildman–Crippen LogP) is 3.41. The van der Waals surface area contributed by atoms with Crippen LogP contribution in [-0.2, 0) is 12.6 Å². The van der Waals surface area contributed by atoms with Gasteiger partial charge < -0.3 is 10.5 Å². The number of nitrogens with zero attached hydrogens (tertiary/aromatic N) is 1. The third kappa shape index (κ3) is 3.49. The van der Waals surface area contributed by atoms with E-state index in [0.717, 1.165) is 5.56 Å². The van der Waals surface area contributed by atoms with Gasteiger partial charge in [0.25, 0.3) is 0 Å². The molecule has 0 aliphatic rings. The quantitative estimate of drug-likeness (QED) is 0.941. The molecular formula is C13H13F3N2OS. The summed E-state index contributed by atoms with van der Waals surface area (Å²) >= 11 is 0.585. The van der Waals surface area contributed by atoms with Crippen LogP contribution in [0.25, 0.3) is 0 Å². The topological polar surface area (TPSA) is 48.1 Å². The normalized spacial score (nSPS) is 13.2. The Morgan fingerprint density at radius 3 is 2.75 bits per heavy atom. The molecule has 2 aromatic rings. The Morgan fingerprint density at radius 2 is 2.15 bits per heavy atom. The summed E-state index contributed by atoms with van der Waals surface area (Å²) in [6.07, 6.45) is -2.80. The first kappa shape index (κ1) is 14.8. The molecule has 0 aliphatic carbocycles. The van der Waals surface area contributed by atoms with Crippen molar-refractivity contribution in [2.75, 3.05) is 7.11 Å². The molecule has 0 amide bonds. The summed E-state index contributed by atoms with van der Waals surface area (Å²) in [4.78, 5) is 3.79. The van der Waals surface area contributed by atoms with E-state index in [9.17, 15) is 13.2 Å². The average molecular weight is 302 g/mol. The van der Waals surface area contributed by atoms with Crippen LogP contribution in [0.15, 0.2) is 30.5 Å². The molecule has 0 fully saturated rings. The number of aromatic nitrogens is 1. The van der Waals surface area contributed by atoms with Crippen molar-refractivity contribution in [2.45, 2.75) is 18.6 Å². The number of benzene rings is 1. The number of ether oxygens (including phenoxy) is 1. The summed E-state index contributed by atoms with van der Waals surface area (Å²) in [6, 6.07) is 6.76. The van der Waals surface area contributed by atoms with E-state index in [2.05, 4.69) is 4.98 Å². The Kier molecular flexibility index (Phi) is 4.29. The molecule has 7 heteroatoms. The summed E-state index contributed by atoms with van der Waals surface area (Å²) in [5, 5.41) is -0.867. The second-order valence-corrected chi connectivity index (χ2v) is 5.29. The van der Waals surface area contributed by atoms with Crippen molar-refractivity contribution in [1.82, 2.24) is 4.98 Å². The van der Waals surface area contributed by atoms with Crippen molar-refractivity contribution in [3.8, 4) is 5.75 Å². The molecule has 0 saturated heterocycles. The van der Waals surface area contributed by atoms with Gasteiger partial charge in [0.05, 0.1) is 7.11 Å². The van der Waals surface area contributed by atoms with Crippen LogP contribution >= 0.6 is 11.3 Å². The first-order valence-corrected chi connectivity index (χ1v) is 6.63.